The van der Waals surface area contributed by atoms with Crippen LogP contribution in [0.25, 0.3) is 0 Å². The molecule has 6 nitrogen and oxygen atoms in total. The second-order valence-corrected chi connectivity index (χ2v) is 7.53. The number of nitrogens with zero attached hydrogens (tertiary/aromatic N) is 2. The molecule has 2 N–H and O–H groups in total. The molecule has 0 saturated carbocycles. The van der Waals surface area contributed by atoms with Crippen LogP contribution in [0.3, 0.4) is 0 Å². The lowest BCUT2D eigenvalue weighted by Gasteiger charge is -2.25. The topological polar surface area (TPSA) is 72.9 Å². The van der Waals surface area contributed by atoms with Crippen LogP contribution in [-0.2, 0) is 29.1 Å². The first kappa shape index (κ1) is 20.7. The van der Waals surface area contributed by atoms with E-state index >= 15 is 0 Å². The van der Waals surface area contributed by atoms with E-state index in [4.69, 9.17) is 16.7 Å². The third kappa shape index (κ3) is 4.20. The van der Waals surface area contributed by atoms with Crippen molar-refractivity contribution in [1.82, 2.24) is 10.3 Å². The van der Waals surface area contributed by atoms with Crippen LogP contribution in [0, 0.1) is 5.92 Å². The highest BCUT2D eigenvalue weighted by Gasteiger charge is 2.40. The summed E-state index contributed by atoms with van der Waals surface area (Å²) < 4.78 is 39.2. The first-order valence-corrected chi connectivity index (χ1v) is 9.40. The van der Waals surface area contributed by atoms with E-state index in [-0.39, 0.29) is 13.0 Å². The Hall–Kier alpha value is -2.00. The maximum atomic E-state index is 13.1. The van der Waals surface area contributed by atoms with Crippen molar-refractivity contribution in [1.29, 1.82) is 0 Å². The van der Waals surface area contributed by atoms with Crippen LogP contribution in [0.4, 0.5) is 18.9 Å². The highest BCUT2D eigenvalue weighted by molar-refractivity contribution is 6.33. The fraction of sp³-hybridized carbons (Fsp3) is 0.556. The minimum Gasteiger partial charge on any atom is -0.481 e. The third-order valence-corrected chi connectivity index (χ3v) is 5.28. The van der Waals surface area contributed by atoms with Crippen LogP contribution in [0.2, 0.25) is 5.02 Å². The molecule has 0 unspecified atom stereocenters. The summed E-state index contributed by atoms with van der Waals surface area (Å²) in [4.78, 5) is 24.6. The van der Waals surface area contributed by atoms with Gasteiger partial charge in [-0.05, 0) is 35.6 Å². The summed E-state index contributed by atoms with van der Waals surface area (Å²) in [5.41, 5.74) is 5.93. The minimum absolute atomic E-state index is 0.0512. The number of fused-ring (bicyclic) bond motifs is 3. The Morgan fingerprint density at radius 1 is 1.39 bits per heavy atom. The molecule has 2 aliphatic rings. The summed E-state index contributed by atoms with van der Waals surface area (Å²) in [7, 11) is 0. The number of aliphatic carboxylic acids is 1. The maximum absolute atomic E-state index is 13.1. The second kappa shape index (κ2) is 7.79. The molecular formula is C18H21ClF3N3O3. The normalized spacial score (nSPS) is 19.5. The molecular weight excluding hydrogens is 399 g/mol. The second-order valence-electron chi connectivity index (χ2n) is 7.12. The fourth-order valence-corrected chi connectivity index (χ4v) is 4.27. The summed E-state index contributed by atoms with van der Waals surface area (Å²) in [6, 6.07) is 1.66. The lowest BCUT2D eigenvalue weighted by Crippen LogP contribution is -2.41. The third-order valence-electron chi connectivity index (χ3n) is 5.00. The van der Waals surface area contributed by atoms with E-state index in [1.165, 1.54) is 0 Å². The number of alkyl halides is 3. The summed E-state index contributed by atoms with van der Waals surface area (Å²) in [5, 5.41) is 11.4. The number of benzene rings is 1. The first-order valence-electron chi connectivity index (χ1n) is 9.02. The van der Waals surface area contributed by atoms with E-state index in [1.807, 2.05) is 11.9 Å². The molecule has 0 radical (unpaired) electrons. The van der Waals surface area contributed by atoms with E-state index in [9.17, 15) is 22.8 Å². The van der Waals surface area contributed by atoms with Crippen molar-refractivity contribution in [2.45, 2.75) is 45.5 Å². The first-order chi connectivity index (χ1) is 13.1. The number of hydrogen-bond donors (Lipinski definition) is 2. The molecule has 1 aromatic rings. The van der Waals surface area contributed by atoms with E-state index < -0.39 is 36.9 Å². The molecule has 0 fully saturated rings. The number of hydrazine groups is 1. The molecule has 28 heavy (non-hydrogen) atoms. The average Bonchev–Trinajstić information content (AvgIpc) is 2.94. The zero-order valence-electron chi connectivity index (χ0n) is 15.3. The Balaban J connectivity index is 2.06. The van der Waals surface area contributed by atoms with E-state index in [1.54, 1.807) is 6.07 Å². The van der Waals surface area contributed by atoms with Crippen LogP contribution in [0.15, 0.2) is 6.07 Å². The smallest absolute Gasteiger partial charge is 0.406 e. The highest BCUT2D eigenvalue weighted by atomic mass is 35.5. The quantitative estimate of drug-likeness (QED) is 0.767. The molecule has 3 rings (SSSR count). The van der Waals surface area contributed by atoms with Gasteiger partial charge < -0.3 is 15.0 Å². The van der Waals surface area contributed by atoms with Gasteiger partial charge in [-0.2, -0.15) is 13.2 Å². The summed E-state index contributed by atoms with van der Waals surface area (Å²) in [5.74, 6) is -3.08. The minimum atomic E-state index is -4.57. The molecule has 0 aromatic heterocycles. The summed E-state index contributed by atoms with van der Waals surface area (Å²) >= 11 is 6.45. The van der Waals surface area contributed by atoms with Crippen LogP contribution in [-0.4, -0.2) is 41.1 Å². The number of carbonyl (C=O) groups excluding carboxylic acids is 1. The Morgan fingerprint density at radius 2 is 2.11 bits per heavy atom. The van der Waals surface area contributed by atoms with Crippen LogP contribution >= 0.6 is 11.6 Å². The molecule has 10 heteroatoms. The molecule has 0 aliphatic carbocycles. The van der Waals surface area contributed by atoms with E-state index in [0.29, 0.717) is 29.2 Å². The lowest BCUT2D eigenvalue weighted by molar-refractivity contribution is -0.165. The molecule has 2 heterocycles. The Labute approximate surface area is 165 Å². The van der Waals surface area contributed by atoms with Crippen LogP contribution in [0.1, 0.15) is 36.5 Å². The van der Waals surface area contributed by atoms with Gasteiger partial charge in [0, 0.05) is 19.6 Å². The molecule has 2 aliphatic heterocycles. The number of carbonyl (C=O) groups is 2. The van der Waals surface area contributed by atoms with Gasteiger partial charge in [-0.15, -0.1) is 0 Å². The standard InChI is InChI=1S/C18H21ClF3N3O3/c1-2-3-25-16-12(7-23-25)13-8-24(9-18(20,21)22)17(28)11(6-15(26)27)4-10(13)5-14(16)19/h5,11,23H,2-4,6-9H2,1H3,(H,26,27)/t11-/m0/s1. The summed E-state index contributed by atoms with van der Waals surface area (Å²) in [6.45, 7) is 1.45. The largest absolute Gasteiger partial charge is 0.481 e. The fourth-order valence-electron chi connectivity index (χ4n) is 3.92. The van der Waals surface area contributed by atoms with Crippen LogP contribution in [0.5, 0.6) is 0 Å². The highest BCUT2D eigenvalue weighted by Crippen LogP contribution is 2.41. The molecule has 154 valence electrons. The molecule has 0 saturated heterocycles. The Morgan fingerprint density at radius 3 is 2.71 bits per heavy atom. The van der Waals surface area contributed by atoms with Gasteiger partial charge in [-0.3, -0.25) is 9.59 Å². The van der Waals surface area contributed by atoms with Crippen molar-refractivity contribution >= 4 is 29.2 Å². The molecule has 1 atom stereocenters. The van der Waals surface area contributed by atoms with Gasteiger partial charge >= 0.3 is 12.1 Å². The molecule has 0 bridgehead atoms. The van der Waals surface area contributed by atoms with E-state index in [0.717, 1.165) is 22.6 Å². The number of hydrogen-bond acceptors (Lipinski definition) is 4. The predicted octanol–water partition coefficient (Wildman–Crippen LogP) is 3.11. The van der Waals surface area contributed by atoms with Crippen LogP contribution < -0.4 is 10.4 Å². The molecule has 0 spiro atoms. The molecule has 1 amide bonds. The summed E-state index contributed by atoms with van der Waals surface area (Å²) in [6.07, 6.45) is -4.20. The number of anilines is 1. The number of carboxylic acid groups (broad SMARTS) is 1. The number of nitrogens with one attached hydrogen (secondary N) is 1. The average molecular weight is 420 g/mol. The Kier molecular flexibility index (Phi) is 5.77. The number of amides is 1. The number of rotatable bonds is 5. The van der Waals surface area contributed by atoms with Crippen molar-refractivity contribution in [3.8, 4) is 0 Å². The zero-order chi connectivity index (χ0) is 20.6. The van der Waals surface area contributed by atoms with Crippen molar-refractivity contribution < 1.29 is 27.9 Å². The maximum Gasteiger partial charge on any atom is 0.406 e. The van der Waals surface area contributed by atoms with Gasteiger partial charge in [0.25, 0.3) is 0 Å². The van der Waals surface area contributed by atoms with Crippen molar-refractivity contribution in [2.75, 3.05) is 18.1 Å². The van der Waals surface area contributed by atoms with Gasteiger partial charge in [-0.25, -0.2) is 5.43 Å². The lowest BCUT2D eigenvalue weighted by atomic mass is 9.91. The Bertz CT molecular complexity index is 801. The van der Waals surface area contributed by atoms with Gasteiger partial charge in [0.05, 0.1) is 23.0 Å². The van der Waals surface area contributed by atoms with E-state index in [2.05, 4.69) is 5.43 Å². The monoisotopic (exact) mass is 419 g/mol. The SMILES string of the molecule is CCCN1NCc2c3c(cc(Cl)c21)C[C@@H](CC(=O)O)C(=O)N(CC(F)(F)F)C3. The van der Waals surface area contributed by atoms with Crippen molar-refractivity contribution in [2.24, 2.45) is 5.92 Å². The van der Waals surface area contributed by atoms with Gasteiger partial charge in [0.1, 0.15) is 6.54 Å². The van der Waals surface area contributed by atoms with Gasteiger partial charge in [0.15, 0.2) is 0 Å². The van der Waals surface area contributed by atoms with Crippen molar-refractivity contribution in [3.05, 3.63) is 27.8 Å². The molecule has 1 aromatic carbocycles. The van der Waals surface area contributed by atoms with Gasteiger partial charge in [-0.1, -0.05) is 18.5 Å². The number of carboxylic acids is 1. The zero-order valence-corrected chi connectivity index (χ0v) is 16.0. The predicted molar refractivity (Wildman–Crippen MR) is 96.8 cm³/mol. The van der Waals surface area contributed by atoms with Gasteiger partial charge in [0.2, 0.25) is 5.91 Å². The van der Waals surface area contributed by atoms with Crippen molar-refractivity contribution in [3.63, 3.8) is 0 Å². The number of halogens is 4.